The Kier molecular flexibility index (Phi) is 5.41. The highest BCUT2D eigenvalue weighted by atomic mass is 35.5. The summed E-state index contributed by atoms with van der Waals surface area (Å²) in [4.78, 5) is 24.7. The average Bonchev–Trinajstić information content (AvgIpc) is 3.16. The van der Waals surface area contributed by atoms with Gasteiger partial charge in [-0.2, -0.15) is 5.10 Å². The Morgan fingerprint density at radius 3 is 2.50 bits per heavy atom. The highest BCUT2D eigenvalue weighted by molar-refractivity contribution is 7.18. The molecule has 0 spiro atoms. The maximum atomic E-state index is 13.1. The van der Waals surface area contributed by atoms with Crippen LogP contribution in [0.3, 0.4) is 0 Å². The first-order chi connectivity index (χ1) is 12.4. The number of aryl methyl sites for hydroxylation is 1. The SMILES string of the molecule is Cc1nn(-c2ccc(F)cc2)c(Cl)c1C(=O)OCC(=O)c1ccc(Cl)s1. The molecule has 5 nitrogen and oxygen atoms in total. The van der Waals surface area contributed by atoms with Gasteiger partial charge in [0.15, 0.2) is 6.61 Å². The second kappa shape index (κ2) is 7.57. The maximum absolute atomic E-state index is 13.1. The van der Waals surface area contributed by atoms with Crippen molar-refractivity contribution in [1.29, 1.82) is 0 Å². The summed E-state index contributed by atoms with van der Waals surface area (Å²) in [6.07, 6.45) is 0. The van der Waals surface area contributed by atoms with Crippen LogP contribution in [0.1, 0.15) is 25.7 Å². The lowest BCUT2D eigenvalue weighted by atomic mass is 10.2. The average molecular weight is 413 g/mol. The van der Waals surface area contributed by atoms with Crippen LogP contribution in [0.2, 0.25) is 9.49 Å². The first kappa shape index (κ1) is 18.6. The van der Waals surface area contributed by atoms with Gasteiger partial charge < -0.3 is 4.74 Å². The maximum Gasteiger partial charge on any atom is 0.343 e. The number of esters is 1. The number of carbonyl (C=O) groups excluding carboxylic acids is 2. The van der Waals surface area contributed by atoms with Crippen LogP contribution in [0.25, 0.3) is 5.69 Å². The number of rotatable bonds is 5. The molecule has 1 aromatic carbocycles. The number of ether oxygens (including phenoxy) is 1. The van der Waals surface area contributed by atoms with Crippen LogP contribution in [0, 0.1) is 12.7 Å². The number of nitrogens with zero attached hydrogens (tertiary/aromatic N) is 2. The summed E-state index contributed by atoms with van der Waals surface area (Å²) in [5.41, 5.74) is 0.867. The molecule has 0 amide bonds. The number of thiophene rings is 1. The van der Waals surface area contributed by atoms with Crippen molar-refractivity contribution < 1.29 is 18.7 Å². The third kappa shape index (κ3) is 3.80. The topological polar surface area (TPSA) is 61.2 Å². The zero-order valence-electron chi connectivity index (χ0n) is 13.3. The molecular formula is C17H11Cl2FN2O3S. The van der Waals surface area contributed by atoms with Gasteiger partial charge >= 0.3 is 5.97 Å². The van der Waals surface area contributed by atoms with Gasteiger partial charge in [0.2, 0.25) is 5.78 Å². The lowest BCUT2D eigenvalue weighted by Gasteiger charge is -2.04. The molecule has 2 heterocycles. The number of hydrogen-bond donors (Lipinski definition) is 0. The Balaban J connectivity index is 1.77. The van der Waals surface area contributed by atoms with E-state index in [1.54, 1.807) is 19.1 Å². The highest BCUT2D eigenvalue weighted by Crippen LogP contribution is 2.25. The Morgan fingerprint density at radius 2 is 1.88 bits per heavy atom. The number of Topliss-reactive ketones (excluding diaryl/α,β-unsaturated/α-hetero) is 1. The summed E-state index contributed by atoms with van der Waals surface area (Å²) < 4.78 is 19.9. The molecule has 3 aromatic rings. The zero-order chi connectivity index (χ0) is 18.8. The summed E-state index contributed by atoms with van der Waals surface area (Å²) in [5.74, 6) is -1.53. The molecular weight excluding hydrogens is 402 g/mol. The lowest BCUT2D eigenvalue weighted by molar-refractivity contribution is 0.0475. The van der Waals surface area contributed by atoms with Gasteiger partial charge in [0.05, 0.1) is 20.6 Å². The monoisotopic (exact) mass is 412 g/mol. The Labute approximate surface area is 161 Å². The zero-order valence-corrected chi connectivity index (χ0v) is 15.7. The van der Waals surface area contributed by atoms with Gasteiger partial charge in [-0.25, -0.2) is 13.9 Å². The first-order valence-corrected chi connectivity index (χ1v) is 8.91. The van der Waals surface area contributed by atoms with E-state index in [1.165, 1.54) is 28.9 Å². The van der Waals surface area contributed by atoms with Crippen LogP contribution in [-0.4, -0.2) is 28.1 Å². The summed E-state index contributed by atoms with van der Waals surface area (Å²) in [7, 11) is 0. The number of aromatic nitrogens is 2. The number of ketones is 1. The van der Waals surface area contributed by atoms with E-state index < -0.39 is 18.4 Å². The fraction of sp³-hybridized carbons (Fsp3) is 0.118. The van der Waals surface area contributed by atoms with Crippen LogP contribution in [0.4, 0.5) is 4.39 Å². The van der Waals surface area contributed by atoms with E-state index in [0.717, 1.165) is 11.3 Å². The van der Waals surface area contributed by atoms with E-state index >= 15 is 0 Å². The van der Waals surface area contributed by atoms with Gasteiger partial charge in [0.1, 0.15) is 16.5 Å². The van der Waals surface area contributed by atoms with Gasteiger partial charge in [-0.1, -0.05) is 23.2 Å². The van der Waals surface area contributed by atoms with Crippen LogP contribution in [-0.2, 0) is 4.74 Å². The minimum atomic E-state index is -0.767. The number of halogens is 3. The third-order valence-corrected chi connectivity index (χ3v) is 5.08. The molecule has 0 aliphatic heterocycles. The summed E-state index contributed by atoms with van der Waals surface area (Å²) >= 11 is 13.1. The fourth-order valence-electron chi connectivity index (χ4n) is 2.22. The Bertz CT molecular complexity index is 983. The van der Waals surface area contributed by atoms with Crippen LogP contribution >= 0.6 is 34.5 Å². The van der Waals surface area contributed by atoms with Crippen LogP contribution < -0.4 is 0 Å². The Morgan fingerprint density at radius 1 is 1.19 bits per heavy atom. The molecule has 0 bridgehead atoms. The van der Waals surface area contributed by atoms with E-state index in [9.17, 15) is 14.0 Å². The largest absolute Gasteiger partial charge is 0.454 e. The van der Waals surface area contributed by atoms with Crippen molar-refractivity contribution >= 4 is 46.3 Å². The third-order valence-electron chi connectivity index (χ3n) is 3.46. The summed E-state index contributed by atoms with van der Waals surface area (Å²) in [6.45, 7) is 1.15. The minimum Gasteiger partial charge on any atom is -0.454 e. The molecule has 2 aromatic heterocycles. The Hall–Kier alpha value is -2.22. The molecule has 0 atom stereocenters. The molecule has 0 saturated carbocycles. The quantitative estimate of drug-likeness (QED) is 0.448. The normalized spacial score (nSPS) is 10.8. The van der Waals surface area contributed by atoms with E-state index in [0.29, 0.717) is 20.6 Å². The van der Waals surface area contributed by atoms with Crippen molar-refractivity contribution in [1.82, 2.24) is 9.78 Å². The van der Waals surface area contributed by atoms with E-state index in [4.69, 9.17) is 27.9 Å². The molecule has 0 unspecified atom stereocenters. The molecule has 0 fully saturated rings. The molecule has 9 heteroatoms. The molecule has 0 N–H and O–H groups in total. The molecule has 3 rings (SSSR count). The van der Waals surface area contributed by atoms with Crippen molar-refractivity contribution in [2.45, 2.75) is 6.92 Å². The predicted molar refractivity (Wildman–Crippen MR) is 97.2 cm³/mol. The summed E-state index contributed by atoms with van der Waals surface area (Å²) in [6, 6.07) is 8.62. The molecule has 0 aliphatic carbocycles. The number of hydrogen-bond acceptors (Lipinski definition) is 5. The smallest absolute Gasteiger partial charge is 0.343 e. The number of carbonyl (C=O) groups is 2. The first-order valence-electron chi connectivity index (χ1n) is 7.33. The highest BCUT2D eigenvalue weighted by Gasteiger charge is 2.23. The van der Waals surface area contributed by atoms with E-state index in [2.05, 4.69) is 5.10 Å². The van der Waals surface area contributed by atoms with Crippen molar-refractivity contribution in [2.75, 3.05) is 6.61 Å². The predicted octanol–water partition coefficient (Wildman–Crippen LogP) is 4.73. The van der Waals surface area contributed by atoms with Gasteiger partial charge in [-0.3, -0.25) is 4.79 Å². The molecule has 0 aliphatic rings. The van der Waals surface area contributed by atoms with Crippen molar-refractivity contribution in [2.24, 2.45) is 0 Å². The van der Waals surface area contributed by atoms with Gasteiger partial charge in [-0.15, -0.1) is 11.3 Å². The second-order valence-electron chi connectivity index (χ2n) is 5.24. The molecule has 0 radical (unpaired) electrons. The van der Waals surface area contributed by atoms with Gasteiger partial charge in [0.25, 0.3) is 0 Å². The molecule has 0 saturated heterocycles. The second-order valence-corrected chi connectivity index (χ2v) is 7.32. The molecule has 134 valence electrons. The van der Waals surface area contributed by atoms with E-state index in [1.807, 2.05) is 0 Å². The lowest BCUT2D eigenvalue weighted by Crippen LogP contribution is -2.14. The minimum absolute atomic E-state index is 0.0192. The van der Waals surface area contributed by atoms with Gasteiger partial charge in [0, 0.05) is 0 Å². The number of benzene rings is 1. The fourth-order valence-corrected chi connectivity index (χ4v) is 3.54. The standard InChI is InChI=1S/C17H11Cl2FN2O3S/c1-9-15(16(19)22(21-9)11-4-2-10(20)3-5-11)17(24)25-8-12(23)13-6-7-14(18)26-13/h2-7H,8H2,1H3. The van der Waals surface area contributed by atoms with Crippen molar-refractivity contribution in [3.8, 4) is 5.69 Å². The van der Waals surface area contributed by atoms with Crippen molar-refractivity contribution in [3.05, 3.63) is 67.8 Å². The van der Waals surface area contributed by atoms with E-state index in [-0.39, 0.29) is 16.5 Å². The summed E-state index contributed by atoms with van der Waals surface area (Å²) in [5, 5.41) is 4.20. The van der Waals surface area contributed by atoms with Crippen molar-refractivity contribution in [3.63, 3.8) is 0 Å². The van der Waals surface area contributed by atoms with Crippen LogP contribution in [0.15, 0.2) is 36.4 Å². The van der Waals surface area contributed by atoms with Crippen LogP contribution in [0.5, 0.6) is 0 Å². The van der Waals surface area contributed by atoms with Gasteiger partial charge in [-0.05, 0) is 43.3 Å². The molecule has 26 heavy (non-hydrogen) atoms.